The first kappa shape index (κ1) is 13.9. The summed E-state index contributed by atoms with van der Waals surface area (Å²) < 4.78 is 23.6. The molecule has 0 atom stereocenters. The summed E-state index contributed by atoms with van der Waals surface area (Å²) >= 11 is 0. The van der Waals surface area contributed by atoms with E-state index >= 15 is 0 Å². The second-order valence-corrected chi connectivity index (χ2v) is 4.14. The van der Waals surface area contributed by atoms with Gasteiger partial charge >= 0.3 is 0 Å². The molecule has 0 fully saturated rings. The Hall–Kier alpha value is -2.54. The lowest BCUT2D eigenvalue weighted by Gasteiger charge is -2.08. The van der Waals surface area contributed by atoms with E-state index in [9.17, 15) is 4.39 Å². The van der Waals surface area contributed by atoms with Crippen molar-refractivity contribution in [2.24, 2.45) is 0 Å². The largest absolute Gasteiger partial charge is 0.493 e. The highest BCUT2D eigenvalue weighted by Crippen LogP contribution is 2.13. The summed E-state index contributed by atoms with van der Waals surface area (Å²) in [5.74, 6) is 1.09. The molecule has 3 nitrogen and oxygen atoms in total. The first-order valence-corrected chi connectivity index (χ1v) is 6.29. The summed E-state index contributed by atoms with van der Waals surface area (Å²) in [5.41, 5.74) is 0.608. The van der Waals surface area contributed by atoms with Gasteiger partial charge in [0.2, 0.25) is 0 Å². The van der Waals surface area contributed by atoms with E-state index < -0.39 is 0 Å². The lowest BCUT2D eigenvalue weighted by atomic mass is 10.2. The average Bonchev–Trinajstić information content (AvgIpc) is 2.49. The van der Waals surface area contributed by atoms with Gasteiger partial charge in [-0.3, -0.25) is 0 Å². The van der Waals surface area contributed by atoms with Crippen molar-refractivity contribution in [3.63, 3.8) is 0 Å². The monoisotopic (exact) mass is 271 g/mol. The molecule has 0 bridgehead atoms. The van der Waals surface area contributed by atoms with Gasteiger partial charge in [0.1, 0.15) is 17.3 Å². The smallest absolute Gasteiger partial charge is 0.123 e. The molecule has 0 saturated heterocycles. The van der Waals surface area contributed by atoms with Gasteiger partial charge in [0.25, 0.3) is 0 Å². The number of halogens is 1. The lowest BCUT2D eigenvalue weighted by molar-refractivity contribution is 0.247. The Morgan fingerprint density at radius 3 is 1.85 bits per heavy atom. The van der Waals surface area contributed by atoms with Crippen molar-refractivity contribution in [1.29, 1.82) is 5.26 Å². The van der Waals surface area contributed by atoms with Gasteiger partial charge in [-0.05, 0) is 48.5 Å². The predicted molar refractivity (Wildman–Crippen MR) is 73.2 cm³/mol. The van der Waals surface area contributed by atoms with Crippen LogP contribution in [0.15, 0.2) is 48.5 Å². The number of hydrogen-bond acceptors (Lipinski definition) is 3. The van der Waals surface area contributed by atoms with Crippen molar-refractivity contribution in [2.75, 3.05) is 13.2 Å². The molecule has 0 aliphatic carbocycles. The van der Waals surface area contributed by atoms with Crippen LogP contribution >= 0.6 is 0 Å². The molecular formula is C16H14FNO2. The molecule has 0 N–H and O–H groups in total. The number of rotatable bonds is 6. The zero-order valence-corrected chi connectivity index (χ0v) is 10.9. The van der Waals surface area contributed by atoms with E-state index in [0.717, 1.165) is 12.2 Å². The van der Waals surface area contributed by atoms with Crippen LogP contribution in [0.3, 0.4) is 0 Å². The zero-order chi connectivity index (χ0) is 14.2. The number of ether oxygens (including phenoxy) is 2. The number of nitrogens with zero attached hydrogens (tertiary/aromatic N) is 1. The molecule has 0 unspecified atom stereocenters. The van der Waals surface area contributed by atoms with Gasteiger partial charge in [0, 0.05) is 6.42 Å². The molecule has 2 aromatic rings. The second kappa shape index (κ2) is 7.15. The molecule has 0 aliphatic rings. The van der Waals surface area contributed by atoms with Crippen molar-refractivity contribution in [2.45, 2.75) is 6.42 Å². The Labute approximate surface area is 117 Å². The van der Waals surface area contributed by atoms with Gasteiger partial charge in [0.05, 0.1) is 24.8 Å². The predicted octanol–water partition coefficient (Wildman–Crippen LogP) is 3.55. The number of nitriles is 1. The molecule has 0 radical (unpaired) electrons. The summed E-state index contributed by atoms with van der Waals surface area (Å²) in [5, 5.41) is 8.67. The molecule has 102 valence electrons. The quantitative estimate of drug-likeness (QED) is 0.754. The second-order valence-electron chi connectivity index (χ2n) is 4.14. The van der Waals surface area contributed by atoms with Crippen molar-refractivity contribution < 1.29 is 13.9 Å². The van der Waals surface area contributed by atoms with E-state index in [1.165, 1.54) is 12.1 Å². The summed E-state index contributed by atoms with van der Waals surface area (Å²) in [6, 6.07) is 14.9. The Morgan fingerprint density at radius 1 is 0.850 bits per heavy atom. The minimum atomic E-state index is -0.276. The molecule has 0 amide bonds. The molecule has 2 rings (SSSR count). The maximum Gasteiger partial charge on any atom is 0.123 e. The van der Waals surface area contributed by atoms with Gasteiger partial charge in [-0.1, -0.05) is 0 Å². The summed E-state index contributed by atoms with van der Waals surface area (Å²) in [7, 11) is 0. The van der Waals surface area contributed by atoms with Crippen LogP contribution in [0, 0.1) is 17.1 Å². The van der Waals surface area contributed by atoms with E-state index in [1.807, 2.05) is 0 Å². The minimum absolute atomic E-state index is 0.276. The maximum absolute atomic E-state index is 12.7. The third kappa shape index (κ3) is 4.29. The zero-order valence-electron chi connectivity index (χ0n) is 10.9. The van der Waals surface area contributed by atoms with Gasteiger partial charge < -0.3 is 9.47 Å². The van der Waals surface area contributed by atoms with Crippen LogP contribution in [-0.2, 0) is 0 Å². The maximum atomic E-state index is 12.7. The molecule has 2 aromatic carbocycles. The Kier molecular flexibility index (Phi) is 4.96. The molecule has 20 heavy (non-hydrogen) atoms. The molecule has 0 spiro atoms. The normalized spacial score (nSPS) is 9.80. The first-order chi connectivity index (χ1) is 9.78. The highest BCUT2D eigenvalue weighted by molar-refractivity contribution is 5.34. The highest BCUT2D eigenvalue weighted by Gasteiger charge is 1.97. The summed E-state index contributed by atoms with van der Waals surface area (Å²) in [6.45, 7) is 1.02. The van der Waals surface area contributed by atoms with E-state index in [1.54, 1.807) is 36.4 Å². The van der Waals surface area contributed by atoms with Gasteiger partial charge in [0.15, 0.2) is 0 Å². The fourth-order valence-electron chi connectivity index (χ4n) is 1.60. The Morgan fingerprint density at radius 2 is 1.35 bits per heavy atom. The van der Waals surface area contributed by atoms with E-state index in [-0.39, 0.29) is 5.82 Å². The SMILES string of the molecule is N#Cc1ccc(OCCCOc2ccc(F)cc2)cc1. The molecule has 0 saturated carbocycles. The van der Waals surface area contributed by atoms with E-state index in [0.29, 0.717) is 24.5 Å². The summed E-state index contributed by atoms with van der Waals surface area (Å²) in [4.78, 5) is 0. The van der Waals surface area contributed by atoms with E-state index in [4.69, 9.17) is 14.7 Å². The van der Waals surface area contributed by atoms with Crippen LogP contribution < -0.4 is 9.47 Å². The molecule has 0 aliphatic heterocycles. The van der Waals surface area contributed by atoms with Crippen molar-refractivity contribution in [1.82, 2.24) is 0 Å². The third-order valence-corrected chi connectivity index (χ3v) is 2.62. The van der Waals surface area contributed by atoms with Crippen molar-refractivity contribution in [3.8, 4) is 17.6 Å². The van der Waals surface area contributed by atoms with Crippen molar-refractivity contribution in [3.05, 3.63) is 59.9 Å². The van der Waals surface area contributed by atoms with Crippen LogP contribution in [0.2, 0.25) is 0 Å². The molecule has 0 aromatic heterocycles. The number of hydrogen-bond donors (Lipinski definition) is 0. The molecule has 0 heterocycles. The number of benzene rings is 2. The fraction of sp³-hybridized carbons (Fsp3) is 0.188. The first-order valence-electron chi connectivity index (χ1n) is 6.29. The van der Waals surface area contributed by atoms with Crippen LogP contribution in [-0.4, -0.2) is 13.2 Å². The third-order valence-electron chi connectivity index (χ3n) is 2.62. The molecular weight excluding hydrogens is 257 g/mol. The average molecular weight is 271 g/mol. The fourth-order valence-corrected chi connectivity index (χ4v) is 1.60. The van der Waals surface area contributed by atoms with Gasteiger partial charge in [-0.15, -0.1) is 0 Å². The van der Waals surface area contributed by atoms with Crippen molar-refractivity contribution >= 4 is 0 Å². The van der Waals surface area contributed by atoms with Gasteiger partial charge in [-0.25, -0.2) is 4.39 Å². The van der Waals surface area contributed by atoms with Crippen LogP contribution in [0.4, 0.5) is 4.39 Å². The summed E-state index contributed by atoms with van der Waals surface area (Å²) in [6.07, 6.45) is 0.720. The highest BCUT2D eigenvalue weighted by atomic mass is 19.1. The Balaban J connectivity index is 1.66. The Bertz CT molecular complexity index is 573. The van der Waals surface area contributed by atoms with Crippen LogP contribution in [0.25, 0.3) is 0 Å². The lowest BCUT2D eigenvalue weighted by Crippen LogP contribution is -2.04. The molecule has 4 heteroatoms. The van der Waals surface area contributed by atoms with Crippen LogP contribution in [0.1, 0.15) is 12.0 Å². The standard InChI is InChI=1S/C16H14FNO2/c17-14-4-8-16(9-5-14)20-11-1-10-19-15-6-2-13(12-18)3-7-15/h2-9H,1,10-11H2. The minimum Gasteiger partial charge on any atom is -0.493 e. The topological polar surface area (TPSA) is 42.2 Å². The van der Waals surface area contributed by atoms with E-state index in [2.05, 4.69) is 6.07 Å². The van der Waals surface area contributed by atoms with Gasteiger partial charge in [-0.2, -0.15) is 5.26 Å². The van der Waals surface area contributed by atoms with Crippen LogP contribution in [0.5, 0.6) is 11.5 Å².